The molecule has 0 spiro atoms. The molecule has 0 aliphatic carbocycles. The van der Waals surface area contributed by atoms with Crippen LogP contribution >= 0.6 is 0 Å². The van der Waals surface area contributed by atoms with Gasteiger partial charge in [0.1, 0.15) is 24.2 Å². The van der Waals surface area contributed by atoms with Crippen molar-refractivity contribution in [2.24, 2.45) is 0 Å². The second-order valence-electron chi connectivity index (χ2n) is 7.04. The number of fused-ring (bicyclic) bond motifs is 1. The SMILES string of the molecule is C=C(C)C(=O)OC(CC)COc1ccc(OCCCCCC)c2ccccc12. The molecule has 4 nitrogen and oxygen atoms in total. The zero-order valence-corrected chi connectivity index (χ0v) is 17.3. The smallest absolute Gasteiger partial charge is 0.333 e. The number of unbranched alkanes of at least 4 members (excludes halogenated alkanes) is 3. The highest BCUT2D eigenvalue weighted by Crippen LogP contribution is 2.33. The Bertz CT molecular complexity index is 781. The normalized spacial score (nSPS) is 11.8. The van der Waals surface area contributed by atoms with Crippen molar-refractivity contribution in [2.75, 3.05) is 13.2 Å². The minimum atomic E-state index is -0.382. The van der Waals surface area contributed by atoms with Gasteiger partial charge in [0.15, 0.2) is 0 Å². The quantitative estimate of drug-likeness (QED) is 0.253. The number of benzene rings is 2. The standard InChI is InChI=1S/C24H32O4/c1-5-7-8-11-16-26-22-14-15-23(21-13-10-9-12-20(21)22)27-17-19(6-2)28-24(25)18(3)4/h9-10,12-15,19H,3,5-8,11,16-17H2,1-2,4H3. The molecule has 152 valence electrons. The Kier molecular flexibility index (Phi) is 8.86. The number of carbonyl (C=O) groups is 1. The summed E-state index contributed by atoms with van der Waals surface area (Å²) in [4.78, 5) is 11.8. The van der Waals surface area contributed by atoms with Crippen molar-refractivity contribution in [2.45, 2.75) is 59.0 Å². The molecule has 0 saturated carbocycles. The largest absolute Gasteiger partial charge is 0.493 e. The summed E-state index contributed by atoms with van der Waals surface area (Å²) in [7, 11) is 0. The molecule has 4 heteroatoms. The fourth-order valence-electron chi connectivity index (χ4n) is 2.88. The molecule has 0 fully saturated rings. The Morgan fingerprint density at radius 1 is 0.964 bits per heavy atom. The van der Waals surface area contributed by atoms with Gasteiger partial charge in [0.2, 0.25) is 0 Å². The van der Waals surface area contributed by atoms with Gasteiger partial charge in [-0.15, -0.1) is 0 Å². The summed E-state index contributed by atoms with van der Waals surface area (Å²) >= 11 is 0. The Hall–Kier alpha value is -2.49. The fourth-order valence-corrected chi connectivity index (χ4v) is 2.88. The number of ether oxygens (including phenoxy) is 3. The van der Waals surface area contributed by atoms with Crippen molar-refractivity contribution < 1.29 is 19.0 Å². The summed E-state index contributed by atoms with van der Waals surface area (Å²) in [6.07, 6.45) is 5.08. The van der Waals surface area contributed by atoms with Gasteiger partial charge in [-0.3, -0.25) is 0 Å². The Labute approximate surface area is 168 Å². The maximum absolute atomic E-state index is 11.8. The number of carbonyl (C=O) groups excluding carboxylic acids is 1. The lowest BCUT2D eigenvalue weighted by Crippen LogP contribution is -2.24. The van der Waals surface area contributed by atoms with Crippen LogP contribution in [-0.2, 0) is 9.53 Å². The van der Waals surface area contributed by atoms with Crippen molar-refractivity contribution in [3.05, 3.63) is 48.6 Å². The second kappa shape index (κ2) is 11.4. The van der Waals surface area contributed by atoms with E-state index in [9.17, 15) is 4.79 Å². The summed E-state index contributed by atoms with van der Waals surface area (Å²) in [6, 6.07) is 11.9. The number of esters is 1. The van der Waals surface area contributed by atoms with Crippen LogP contribution in [0.1, 0.15) is 52.9 Å². The van der Waals surface area contributed by atoms with Crippen LogP contribution in [0.5, 0.6) is 11.5 Å². The van der Waals surface area contributed by atoms with Gasteiger partial charge in [0.05, 0.1) is 6.61 Å². The topological polar surface area (TPSA) is 44.8 Å². The maximum Gasteiger partial charge on any atom is 0.333 e. The van der Waals surface area contributed by atoms with E-state index in [2.05, 4.69) is 13.5 Å². The summed E-state index contributed by atoms with van der Waals surface area (Å²) in [5.41, 5.74) is 0.393. The molecule has 2 aromatic rings. The first kappa shape index (κ1) is 21.8. The lowest BCUT2D eigenvalue weighted by molar-refractivity contribution is -0.145. The monoisotopic (exact) mass is 384 g/mol. The van der Waals surface area contributed by atoms with Crippen molar-refractivity contribution >= 4 is 16.7 Å². The van der Waals surface area contributed by atoms with Crippen LogP contribution in [0.25, 0.3) is 10.8 Å². The number of rotatable bonds is 12. The van der Waals surface area contributed by atoms with Gasteiger partial charge in [-0.1, -0.05) is 64.0 Å². The third-order valence-corrected chi connectivity index (χ3v) is 4.60. The number of hydrogen-bond acceptors (Lipinski definition) is 4. The molecule has 0 N–H and O–H groups in total. The molecule has 0 amide bonds. The van der Waals surface area contributed by atoms with Crippen molar-refractivity contribution in [3.8, 4) is 11.5 Å². The minimum absolute atomic E-state index is 0.302. The van der Waals surface area contributed by atoms with E-state index in [1.165, 1.54) is 19.3 Å². The summed E-state index contributed by atoms with van der Waals surface area (Å²) in [5.74, 6) is 1.26. The second-order valence-corrected chi connectivity index (χ2v) is 7.04. The van der Waals surface area contributed by atoms with Crippen LogP contribution in [0.3, 0.4) is 0 Å². The predicted octanol–water partition coefficient (Wildman–Crippen LogP) is 6.08. The third-order valence-electron chi connectivity index (χ3n) is 4.60. The van der Waals surface area contributed by atoms with Gasteiger partial charge in [-0.25, -0.2) is 4.79 Å². The predicted molar refractivity (Wildman–Crippen MR) is 114 cm³/mol. The molecule has 0 aliphatic rings. The average Bonchev–Trinajstić information content (AvgIpc) is 2.71. The van der Waals surface area contributed by atoms with E-state index >= 15 is 0 Å². The first-order chi connectivity index (χ1) is 13.6. The van der Waals surface area contributed by atoms with Gasteiger partial charge < -0.3 is 14.2 Å². The van der Waals surface area contributed by atoms with E-state index in [1.54, 1.807) is 6.92 Å². The van der Waals surface area contributed by atoms with E-state index in [4.69, 9.17) is 14.2 Å². The summed E-state index contributed by atoms with van der Waals surface area (Å²) in [5, 5.41) is 2.03. The van der Waals surface area contributed by atoms with Crippen LogP contribution in [0, 0.1) is 0 Å². The molecule has 2 rings (SSSR count). The molecule has 0 bridgehead atoms. The molecule has 2 aromatic carbocycles. The lowest BCUT2D eigenvalue weighted by Gasteiger charge is -2.18. The van der Waals surface area contributed by atoms with E-state index in [1.807, 2.05) is 43.3 Å². The highest BCUT2D eigenvalue weighted by Gasteiger charge is 2.15. The van der Waals surface area contributed by atoms with Gasteiger partial charge in [0, 0.05) is 16.3 Å². The van der Waals surface area contributed by atoms with E-state index in [-0.39, 0.29) is 12.1 Å². The molecule has 0 aliphatic heterocycles. The van der Waals surface area contributed by atoms with Crippen molar-refractivity contribution in [3.63, 3.8) is 0 Å². The Morgan fingerprint density at radius 2 is 1.61 bits per heavy atom. The third kappa shape index (κ3) is 6.29. The van der Waals surface area contributed by atoms with Crippen LogP contribution < -0.4 is 9.47 Å². The molecule has 1 unspecified atom stereocenters. The summed E-state index contributed by atoms with van der Waals surface area (Å²) < 4.78 is 17.4. The van der Waals surface area contributed by atoms with Crippen LogP contribution in [-0.4, -0.2) is 25.3 Å². The lowest BCUT2D eigenvalue weighted by atomic mass is 10.1. The first-order valence-electron chi connectivity index (χ1n) is 10.2. The van der Waals surface area contributed by atoms with Gasteiger partial charge in [-0.05, 0) is 31.9 Å². The van der Waals surface area contributed by atoms with Gasteiger partial charge >= 0.3 is 5.97 Å². The number of hydrogen-bond donors (Lipinski definition) is 0. The van der Waals surface area contributed by atoms with Crippen LogP contribution in [0.15, 0.2) is 48.6 Å². The molecule has 28 heavy (non-hydrogen) atoms. The molecule has 0 aromatic heterocycles. The molecular weight excluding hydrogens is 352 g/mol. The highest BCUT2D eigenvalue weighted by molar-refractivity contribution is 5.93. The van der Waals surface area contributed by atoms with E-state index in [0.29, 0.717) is 18.6 Å². The molecule has 1 atom stereocenters. The molecule has 0 radical (unpaired) electrons. The van der Waals surface area contributed by atoms with Crippen LogP contribution in [0.2, 0.25) is 0 Å². The van der Waals surface area contributed by atoms with Gasteiger partial charge in [0.25, 0.3) is 0 Å². The van der Waals surface area contributed by atoms with E-state index < -0.39 is 0 Å². The zero-order valence-electron chi connectivity index (χ0n) is 17.3. The van der Waals surface area contributed by atoms with Crippen molar-refractivity contribution in [1.29, 1.82) is 0 Å². The molecule has 0 heterocycles. The van der Waals surface area contributed by atoms with E-state index in [0.717, 1.165) is 35.3 Å². The first-order valence-corrected chi connectivity index (χ1v) is 10.2. The molecular formula is C24H32O4. The zero-order chi connectivity index (χ0) is 20.4. The average molecular weight is 385 g/mol. The van der Waals surface area contributed by atoms with Gasteiger partial charge in [-0.2, -0.15) is 0 Å². The Balaban J connectivity index is 2.06. The minimum Gasteiger partial charge on any atom is -0.493 e. The Morgan fingerprint density at radius 3 is 2.18 bits per heavy atom. The summed E-state index contributed by atoms with van der Waals surface area (Å²) in [6.45, 7) is 10.5. The van der Waals surface area contributed by atoms with Crippen LogP contribution in [0.4, 0.5) is 0 Å². The molecule has 0 saturated heterocycles. The fraction of sp³-hybridized carbons (Fsp3) is 0.458. The van der Waals surface area contributed by atoms with Crippen molar-refractivity contribution in [1.82, 2.24) is 0 Å². The maximum atomic E-state index is 11.8. The highest BCUT2D eigenvalue weighted by atomic mass is 16.6.